The van der Waals surface area contributed by atoms with Crippen molar-refractivity contribution in [2.24, 2.45) is 35.5 Å². The zero-order valence-electron chi connectivity index (χ0n) is 76.2. The van der Waals surface area contributed by atoms with Gasteiger partial charge in [-0.3, -0.25) is 24.0 Å². The fourth-order valence-corrected chi connectivity index (χ4v) is 16.8. The van der Waals surface area contributed by atoms with Crippen LogP contribution in [0.25, 0.3) is 33.3 Å². The quantitative estimate of drug-likeness (QED) is 0.00913. The lowest BCUT2D eigenvalue weighted by molar-refractivity contribution is -0.265. The molecule has 1 saturated carbocycles. The number of allylic oxidation sites excluding steroid dienone is 6. The summed E-state index contributed by atoms with van der Waals surface area (Å²) in [4.78, 5) is 97.9. The second-order valence-corrected chi connectivity index (χ2v) is 34.1. The molecule has 5 aromatic rings. The van der Waals surface area contributed by atoms with Crippen LogP contribution in [0.4, 0.5) is 5.82 Å². The lowest BCUT2D eigenvalue weighted by Crippen LogP contribution is -2.61. The number of anilines is 1. The lowest BCUT2D eigenvalue weighted by Gasteiger charge is -2.42. The Bertz CT molecular complexity index is 4320. The van der Waals surface area contributed by atoms with Crippen LogP contribution in [0.15, 0.2) is 84.4 Å². The van der Waals surface area contributed by atoms with Crippen LogP contribution < -0.4 is 11.1 Å². The highest BCUT2D eigenvalue weighted by Crippen LogP contribution is 2.40. The Kier molecular flexibility index (Phi) is 44.0. The van der Waals surface area contributed by atoms with Crippen molar-refractivity contribution in [3.63, 3.8) is 0 Å². The van der Waals surface area contributed by atoms with Gasteiger partial charge in [-0.05, 0) is 163 Å². The highest BCUT2D eigenvalue weighted by atomic mass is 16.6. The predicted molar refractivity (Wildman–Crippen MR) is 474 cm³/mol. The van der Waals surface area contributed by atoms with Gasteiger partial charge in [-0.25, -0.2) is 24.1 Å². The van der Waals surface area contributed by atoms with Gasteiger partial charge >= 0.3 is 5.97 Å². The second-order valence-electron chi connectivity index (χ2n) is 34.1. The van der Waals surface area contributed by atoms with E-state index in [1.165, 1.54) is 18.3 Å². The monoisotopic (exact) mass is 1780 g/mol. The molecule has 0 unspecified atom stereocenters. The third kappa shape index (κ3) is 32.4. The zero-order valence-corrected chi connectivity index (χ0v) is 76.2. The number of rotatable bonds is 45. The van der Waals surface area contributed by atoms with E-state index in [0.29, 0.717) is 205 Å². The van der Waals surface area contributed by atoms with Crippen molar-refractivity contribution in [3.8, 4) is 17.1 Å². The summed E-state index contributed by atoms with van der Waals surface area (Å²) in [5.74, 6) is -7.77. The van der Waals surface area contributed by atoms with Crippen LogP contribution in [0.1, 0.15) is 163 Å². The first-order valence-electron chi connectivity index (χ1n) is 45.6. The number of phenols is 1. The molecule has 15 atom stereocenters. The van der Waals surface area contributed by atoms with Gasteiger partial charge in [-0.15, -0.1) is 5.10 Å². The molecule has 4 aliphatic rings. The van der Waals surface area contributed by atoms with Crippen molar-refractivity contribution in [1.29, 1.82) is 0 Å². The molecule has 7 heterocycles. The van der Waals surface area contributed by atoms with E-state index in [9.17, 15) is 44.1 Å². The van der Waals surface area contributed by atoms with Crippen molar-refractivity contribution in [3.05, 3.63) is 90.1 Å². The van der Waals surface area contributed by atoms with E-state index in [4.69, 9.17) is 77.1 Å². The number of nitrogen functional groups attached to an aromatic ring is 1. The number of amides is 2. The molecule has 1 aliphatic carbocycles. The van der Waals surface area contributed by atoms with Crippen LogP contribution in [0.3, 0.4) is 0 Å². The summed E-state index contributed by atoms with van der Waals surface area (Å²) in [7, 11) is 4.65. The number of aliphatic hydroxyl groups excluding tert-OH is 1. The molecule has 7 N–H and O–H groups in total. The van der Waals surface area contributed by atoms with Gasteiger partial charge in [-0.2, -0.15) is 5.10 Å². The number of unbranched alkanes of at least 4 members (excludes halogenated alkanes) is 2. The van der Waals surface area contributed by atoms with E-state index in [1.54, 1.807) is 68.6 Å². The minimum absolute atomic E-state index is 0.00507. The van der Waals surface area contributed by atoms with Gasteiger partial charge in [0.25, 0.3) is 11.7 Å². The maximum Gasteiger partial charge on any atom is 0.329 e. The number of aliphatic hydroxyl groups is 2. The minimum Gasteiger partial charge on any atom is -0.508 e. The number of aromatic hydroxyl groups is 1. The third-order valence-corrected chi connectivity index (χ3v) is 24.3. The molecule has 2 bridgehead atoms. The number of nitrogens with zero attached hydrogens (tertiary/aromatic N) is 8. The number of fused-ring (bicyclic) bond motifs is 5. The molecule has 34 nitrogen and oxygen atoms in total. The van der Waals surface area contributed by atoms with Gasteiger partial charge in [0.15, 0.2) is 11.4 Å². The van der Waals surface area contributed by atoms with Crippen molar-refractivity contribution in [1.82, 2.24) is 49.9 Å². The second kappa shape index (κ2) is 54.5. The Morgan fingerprint density at radius 1 is 0.724 bits per heavy atom. The molecule has 0 radical (unpaired) electrons. The number of aromatic nitrogens is 8. The number of phenolic OH excluding ortho intramolecular Hbond substituents is 1. The van der Waals surface area contributed by atoms with E-state index < -0.39 is 77.8 Å². The molecule has 9 rings (SSSR count). The molecular formula is C93H141N11O23. The number of aromatic amines is 1. The van der Waals surface area contributed by atoms with Crippen LogP contribution >= 0.6 is 0 Å². The number of nitrogens with two attached hydrogens (primary N) is 1. The van der Waals surface area contributed by atoms with E-state index in [0.717, 1.165) is 72.8 Å². The lowest BCUT2D eigenvalue weighted by atomic mass is 9.78. The predicted octanol–water partition coefficient (Wildman–Crippen LogP) is 9.51. The highest BCUT2D eigenvalue weighted by Gasteiger charge is 2.53. The number of cyclic esters (lactones) is 1. The zero-order chi connectivity index (χ0) is 91.0. The fourth-order valence-electron chi connectivity index (χ4n) is 16.8. The summed E-state index contributed by atoms with van der Waals surface area (Å²) in [6, 6.07) is 5.84. The average molecular weight is 1780 g/mol. The van der Waals surface area contributed by atoms with E-state index in [1.807, 2.05) is 70.3 Å². The molecular weight excluding hydrogens is 1640 g/mol. The smallest absolute Gasteiger partial charge is 0.329 e. The molecule has 2 amide bonds. The summed E-state index contributed by atoms with van der Waals surface area (Å²) in [6.07, 6.45) is 19.3. The maximum absolute atomic E-state index is 14.8. The standard InChI is InChI=1S/C93H141N11O23/c1-62-20-12-11-13-21-63(2)79(114-8)58-73-27-24-68(7)93(113,127-73)88(110)91(111)103-32-17-14-23-76(103)92(112)126-80(59-77(106)64(3)53-67(6)86(109)87(116-10)85(108)66(5)52-62)65(4)54-69-25-29-78(81(55-69)115-9)125-35-19-15-22-71-60-102(101-99-71)34-37-118-39-41-120-43-45-122-47-49-124-51-50-123-48-46-121-44-42-119-40-38-117-36-30-82(107)95-31-16-18-33-104-90-83(89(94)96-61-97-90)84(100-104)75-57-70-56-72(105)26-28-74(70)98-75/h11-13,20-21,26,28,53,56-57,60-62,64-66,68-69,73,76,78-81,86-87,98,105,109,113H,14-19,22-25,27,29-52,54-55,58-59H2,1-10H3,(H,95,107)(H2,94,96,97)/b13-11+,20-12+,63-21+,67-53+/t62-,64-,65-,66-,68-,69+,73+,76+,78-,79+,80+,81-,86-,87+,93-/m1/s1. The van der Waals surface area contributed by atoms with E-state index >= 15 is 0 Å². The fraction of sp³-hybridized carbons (Fsp3) is 0.688. The number of H-pyrrole nitrogens is 1. The Hall–Kier alpha value is -8.17. The topological polar surface area (TPSA) is 424 Å². The number of ether oxygens (including phenoxy) is 14. The molecule has 3 aliphatic heterocycles. The third-order valence-electron chi connectivity index (χ3n) is 24.3. The Morgan fingerprint density at radius 2 is 1.41 bits per heavy atom. The number of nitrogens with one attached hydrogen (secondary N) is 2. The van der Waals surface area contributed by atoms with Gasteiger partial charge in [0.05, 0.1) is 153 Å². The molecule has 127 heavy (non-hydrogen) atoms. The van der Waals surface area contributed by atoms with Crippen molar-refractivity contribution < 1.29 is 110 Å². The SMILES string of the molecule is CO[C@H]1C[C@@H]2CC[C@@H](C)[C@@](O)(O2)C(=O)C(=O)N2CCCC[C@H]2C(=O)O[C@H]([C@H](C)C[C@@H]2CC[C@@H](OCCCCc3cn(CCOCCOCCOCCOCCOCCOCCOCCOCCC(=O)NCCCCn4nc(-c5cc6cc(O)ccc6[nH]5)c5c(N)ncnc54)nn3)[C@H](OC)C2)CC(=O)[C@H](C)/C=C(\C)[C@@H](O)[C@@H](OC)C(=O)[C@H](C)C[C@H](C)/C=C/C=C/C=C/1C. The first kappa shape index (κ1) is 103. The van der Waals surface area contributed by atoms with Gasteiger partial charge in [-0.1, -0.05) is 76.3 Å². The highest BCUT2D eigenvalue weighted by molar-refractivity contribution is 6.39. The van der Waals surface area contributed by atoms with Gasteiger partial charge < -0.3 is 103 Å². The number of Topliss-reactive ketones (excluding diaryl/α,β-unsaturated/α-hetero) is 3. The normalized spacial score (nSPS) is 26.5. The van der Waals surface area contributed by atoms with E-state index in [2.05, 4.69) is 30.6 Å². The average Bonchev–Trinajstić information content (AvgIpc) is 1.76. The molecule has 2 saturated heterocycles. The van der Waals surface area contributed by atoms with Crippen LogP contribution in [0.2, 0.25) is 0 Å². The van der Waals surface area contributed by atoms with Crippen molar-refractivity contribution in [2.45, 2.75) is 232 Å². The Morgan fingerprint density at radius 3 is 2.09 bits per heavy atom. The van der Waals surface area contributed by atoms with Crippen molar-refractivity contribution >= 4 is 62.9 Å². The molecule has 34 heteroatoms. The number of carbonyl (C=O) groups is 6. The first-order valence-corrected chi connectivity index (χ1v) is 45.6. The Labute approximate surface area is 746 Å². The van der Waals surface area contributed by atoms with Crippen LogP contribution in [0, 0.1) is 35.5 Å². The molecule has 706 valence electrons. The van der Waals surface area contributed by atoms with Crippen molar-refractivity contribution in [2.75, 3.05) is 152 Å². The number of hydrogen-bond acceptors (Lipinski definition) is 29. The van der Waals surface area contributed by atoms with Gasteiger partial charge in [0, 0.05) is 102 Å². The summed E-state index contributed by atoms with van der Waals surface area (Å²) in [5.41, 5.74) is 11.2. The van der Waals surface area contributed by atoms with Gasteiger partial charge in [0.1, 0.15) is 53.7 Å². The van der Waals surface area contributed by atoms with Gasteiger partial charge in [0.2, 0.25) is 11.7 Å². The Balaban J connectivity index is 0.586. The number of esters is 1. The number of methoxy groups -OCH3 is 3. The van der Waals surface area contributed by atoms with Crippen LogP contribution in [-0.4, -0.2) is 296 Å². The van der Waals surface area contributed by atoms with Crippen LogP contribution in [0.5, 0.6) is 5.75 Å². The number of carbonyl (C=O) groups excluding carboxylic acids is 6. The largest absolute Gasteiger partial charge is 0.508 e. The molecule has 1 aromatic carbocycles. The summed E-state index contributed by atoms with van der Waals surface area (Å²) >= 11 is 0. The van der Waals surface area contributed by atoms with E-state index in [-0.39, 0.29) is 85.6 Å². The number of hydrogen-bond donors (Lipinski definition) is 6. The summed E-state index contributed by atoms with van der Waals surface area (Å²) in [6.45, 7) is 21.6. The molecule has 0 spiro atoms. The molecule has 3 fully saturated rings. The number of benzene rings is 1. The number of ketones is 3. The number of piperidine rings is 1. The first-order chi connectivity index (χ1) is 61.4. The van der Waals surface area contributed by atoms with Crippen LogP contribution in [-0.2, 0) is 115 Å². The number of aryl methyl sites for hydroxylation is 2. The summed E-state index contributed by atoms with van der Waals surface area (Å²) < 4.78 is 85.4. The molecule has 4 aromatic heterocycles. The maximum atomic E-state index is 14.8. The summed E-state index contributed by atoms with van der Waals surface area (Å²) in [5, 5.41) is 51.7. The minimum atomic E-state index is -2.46.